The molecular weight excluding hydrogens is 288 g/mol. The molecule has 2 aromatic rings. The van der Waals surface area contributed by atoms with Crippen LogP contribution in [0.5, 0.6) is 0 Å². The molecule has 1 unspecified atom stereocenters. The van der Waals surface area contributed by atoms with Crippen LogP contribution in [0, 0.1) is 6.92 Å². The molecule has 1 heterocycles. The van der Waals surface area contributed by atoms with E-state index in [9.17, 15) is 9.59 Å². The van der Waals surface area contributed by atoms with E-state index in [2.05, 4.69) is 5.32 Å². The molecule has 1 aliphatic heterocycles. The topological polar surface area (TPSA) is 49.4 Å². The molecule has 0 saturated heterocycles. The Morgan fingerprint density at radius 2 is 1.83 bits per heavy atom. The molecular formula is C19H20N2O2. The standard InChI is InChI=1S/C19H20N2O2/c1-13-7-3-4-9-16(13)12-20-19(23)18-11-15-8-5-6-10-17(15)21(18)14(2)22/h3-10,18H,11-12H2,1-2H3,(H,20,23). The predicted molar refractivity (Wildman–Crippen MR) is 90.1 cm³/mol. The first-order valence-corrected chi connectivity index (χ1v) is 7.78. The Kier molecular flexibility index (Phi) is 4.15. The number of rotatable bonds is 3. The van der Waals surface area contributed by atoms with Crippen LogP contribution in [0.1, 0.15) is 23.6 Å². The molecule has 3 rings (SSSR count). The maximum atomic E-state index is 12.6. The maximum Gasteiger partial charge on any atom is 0.243 e. The van der Waals surface area contributed by atoms with Crippen LogP contribution >= 0.6 is 0 Å². The van der Waals surface area contributed by atoms with Crippen LogP contribution in [0.4, 0.5) is 5.69 Å². The monoisotopic (exact) mass is 308 g/mol. The van der Waals surface area contributed by atoms with Gasteiger partial charge in [0, 0.05) is 25.6 Å². The Morgan fingerprint density at radius 3 is 2.57 bits per heavy atom. The van der Waals surface area contributed by atoms with Gasteiger partial charge in [0.15, 0.2) is 0 Å². The second-order valence-electron chi connectivity index (χ2n) is 5.88. The Bertz CT molecular complexity index is 755. The van der Waals surface area contributed by atoms with Gasteiger partial charge in [-0.1, -0.05) is 42.5 Å². The van der Waals surface area contributed by atoms with E-state index in [0.29, 0.717) is 13.0 Å². The van der Waals surface area contributed by atoms with E-state index in [1.165, 1.54) is 6.92 Å². The largest absolute Gasteiger partial charge is 0.350 e. The first-order chi connectivity index (χ1) is 11.1. The lowest BCUT2D eigenvalue weighted by Crippen LogP contribution is -2.47. The highest BCUT2D eigenvalue weighted by Crippen LogP contribution is 2.32. The number of nitrogens with one attached hydrogen (secondary N) is 1. The second kappa shape index (κ2) is 6.24. The van der Waals surface area contributed by atoms with Crippen LogP contribution in [-0.2, 0) is 22.6 Å². The minimum Gasteiger partial charge on any atom is -0.350 e. The quantitative estimate of drug-likeness (QED) is 0.947. The third-order valence-corrected chi connectivity index (χ3v) is 4.33. The van der Waals surface area contributed by atoms with Gasteiger partial charge < -0.3 is 5.32 Å². The van der Waals surface area contributed by atoms with Gasteiger partial charge in [-0.05, 0) is 29.7 Å². The molecule has 118 valence electrons. The highest BCUT2D eigenvalue weighted by Gasteiger charge is 2.36. The number of carbonyl (C=O) groups excluding carboxylic acids is 2. The van der Waals surface area contributed by atoms with Crippen LogP contribution in [0.15, 0.2) is 48.5 Å². The first-order valence-electron chi connectivity index (χ1n) is 7.78. The van der Waals surface area contributed by atoms with Gasteiger partial charge in [-0.2, -0.15) is 0 Å². The zero-order valence-corrected chi connectivity index (χ0v) is 13.4. The fraction of sp³-hybridized carbons (Fsp3) is 0.263. The number of para-hydroxylation sites is 1. The third kappa shape index (κ3) is 2.97. The Hall–Kier alpha value is -2.62. The number of anilines is 1. The van der Waals surface area contributed by atoms with Crippen molar-refractivity contribution in [2.45, 2.75) is 32.9 Å². The van der Waals surface area contributed by atoms with Gasteiger partial charge in [0.1, 0.15) is 6.04 Å². The van der Waals surface area contributed by atoms with Crippen molar-refractivity contribution in [3.8, 4) is 0 Å². The number of benzene rings is 2. The Balaban J connectivity index is 1.75. The van der Waals surface area contributed by atoms with Crippen LogP contribution in [0.2, 0.25) is 0 Å². The van der Waals surface area contributed by atoms with Crippen molar-refractivity contribution in [1.29, 1.82) is 0 Å². The second-order valence-corrected chi connectivity index (χ2v) is 5.88. The number of carbonyl (C=O) groups is 2. The zero-order chi connectivity index (χ0) is 16.4. The molecule has 2 aromatic carbocycles. The summed E-state index contributed by atoms with van der Waals surface area (Å²) < 4.78 is 0. The van der Waals surface area contributed by atoms with Crippen LogP contribution in [0.3, 0.4) is 0 Å². The van der Waals surface area contributed by atoms with Crippen molar-refractivity contribution in [2.75, 3.05) is 4.90 Å². The van der Waals surface area contributed by atoms with Gasteiger partial charge in [0.2, 0.25) is 11.8 Å². The lowest BCUT2D eigenvalue weighted by Gasteiger charge is -2.23. The van der Waals surface area contributed by atoms with Gasteiger partial charge in [0.25, 0.3) is 0 Å². The zero-order valence-electron chi connectivity index (χ0n) is 13.4. The average molecular weight is 308 g/mol. The van der Waals surface area contributed by atoms with Crippen LogP contribution < -0.4 is 10.2 Å². The van der Waals surface area contributed by atoms with Gasteiger partial charge >= 0.3 is 0 Å². The maximum absolute atomic E-state index is 12.6. The van der Waals surface area contributed by atoms with Crippen molar-refractivity contribution < 1.29 is 9.59 Å². The highest BCUT2D eigenvalue weighted by molar-refractivity contribution is 6.02. The summed E-state index contributed by atoms with van der Waals surface area (Å²) >= 11 is 0. The third-order valence-electron chi connectivity index (χ3n) is 4.33. The number of aryl methyl sites for hydroxylation is 1. The molecule has 0 bridgehead atoms. The fourth-order valence-electron chi connectivity index (χ4n) is 3.09. The minimum absolute atomic E-state index is 0.106. The molecule has 0 spiro atoms. The van der Waals surface area contributed by atoms with Crippen LogP contribution in [-0.4, -0.2) is 17.9 Å². The van der Waals surface area contributed by atoms with Gasteiger partial charge in [-0.15, -0.1) is 0 Å². The summed E-state index contributed by atoms with van der Waals surface area (Å²) in [5.41, 5.74) is 4.12. The average Bonchev–Trinajstić information content (AvgIpc) is 2.93. The molecule has 1 N–H and O–H groups in total. The van der Waals surface area contributed by atoms with E-state index in [0.717, 1.165) is 22.4 Å². The molecule has 0 aromatic heterocycles. The molecule has 23 heavy (non-hydrogen) atoms. The molecule has 1 aliphatic rings. The van der Waals surface area contributed by atoms with Crippen molar-refractivity contribution in [3.05, 3.63) is 65.2 Å². The van der Waals surface area contributed by atoms with E-state index in [4.69, 9.17) is 0 Å². The van der Waals surface area contributed by atoms with Gasteiger partial charge in [-0.25, -0.2) is 0 Å². The molecule has 0 aliphatic carbocycles. The summed E-state index contributed by atoms with van der Waals surface area (Å²) in [5.74, 6) is -0.217. The van der Waals surface area contributed by atoms with E-state index in [-0.39, 0.29) is 11.8 Å². The number of hydrogen-bond donors (Lipinski definition) is 1. The molecule has 0 radical (unpaired) electrons. The predicted octanol–water partition coefficient (Wildman–Crippen LogP) is 2.59. The smallest absolute Gasteiger partial charge is 0.243 e. The molecule has 1 atom stereocenters. The Morgan fingerprint density at radius 1 is 1.13 bits per heavy atom. The van der Waals surface area contributed by atoms with Crippen LogP contribution in [0.25, 0.3) is 0 Å². The SMILES string of the molecule is CC(=O)N1c2ccccc2CC1C(=O)NCc1ccccc1C. The summed E-state index contributed by atoms with van der Waals surface area (Å²) in [4.78, 5) is 26.2. The van der Waals surface area contributed by atoms with E-state index < -0.39 is 6.04 Å². The lowest BCUT2D eigenvalue weighted by atomic mass is 10.1. The summed E-state index contributed by atoms with van der Waals surface area (Å²) in [7, 11) is 0. The fourth-order valence-corrected chi connectivity index (χ4v) is 3.09. The summed E-state index contributed by atoms with van der Waals surface area (Å²) in [6.07, 6.45) is 0.565. The minimum atomic E-state index is -0.464. The van der Waals surface area contributed by atoms with E-state index in [1.54, 1.807) is 4.90 Å². The molecule has 0 saturated carbocycles. The van der Waals surface area contributed by atoms with Gasteiger partial charge in [-0.3, -0.25) is 14.5 Å². The van der Waals surface area contributed by atoms with Crippen molar-refractivity contribution in [2.24, 2.45) is 0 Å². The number of fused-ring (bicyclic) bond motifs is 1. The summed E-state index contributed by atoms with van der Waals surface area (Å²) in [6, 6.07) is 15.2. The molecule has 0 fully saturated rings. The number of nitrogens with zero attached hydrogens (tertiary/aromatic N) is 1. The molecule has 2 amide bonds. The summed E-state index contributed by atoms with van der Waals surface area (Å²) in [5, 5.41) is 2.97. The van der Waals surface area contributed by atoms with Crippen molar-refractivity contribution in [1.82, 2.24) is 5.32 Å². The first kappa shape index (κ1) is 15.3. The lowest BCUT2D eigenvalue weighted by molar-refractivity contribution is -0.125. The molecule has 4 heteroatoms. The number of amides is 2. The van der Waals surface area contributed by atoms with E-state index >= 15 is 0 Å². The van der Waals surface area contributed by atoms with Crippen molar-refractivity contribution in [3.63, 3.8) is 0 Å². The van der Waals surface area contributed by atoms with E-state index in [1.807, 2.05) is 55.5 Å². The van der Waals surface area contributed by atoms with Gasteiger partial charge in [0.05, 0.1) is 0 Å². The Labute approximate surface area is 136 Å². The highest BCUT2D eigenvalue weighted by atomic mass is 16.2. The van der Waals surface area contributed by atoms with Crippen molar-refractivity contribution >= 4 is 17.5 Å². The number of hydrogen-bond acceptors (Lipinski definition) is 2. The summed E-state index contributed by atoms with van der Waals surface area (Å²) in [6.45, 7) is 4.00. The molecule has 4 nitrogen and oxygen atoms in total. The normalized spacial score (nSPS) is 16.1.